The molecule has 1 aliphatic carbocycles. The Morgan fingerprint density at radius 3 is 2.64 bits per heavy atom. The second-order valence-corrected chi connectivity index (χ2v) is 7.65. The van der Waals surface area contributed by atoms with Crippen molar-refractivity contribution in [1.82, 2.24) is 0 Å². The average molecular weight is 401 g/mol. The number of anilines is 1. The SMILES string of the molecule is CCOC(=O)c1ccccc1NC(=O)COC(=O)c1cc2c(s1)CCCCC2. The molecule has 1 heterocycles. The molecule has 0 radical (unpaired) electrons. The molecule has 0 saturated heterocycles. The summed E-state index contributed by atoms with van der Waals surface area (Å²) >= 11 is 1.46. The van der Waals surface area contributed by atoms with Crippen LogP contribution in [0.1, 0.15) is 56.7 Å². The van der Waals surface area contributed by atoms with Crippen molar-refractivity contribution in [3.05, 3.63) is 51.2 Å². The fourth-order valence-corrected chi connectivity index (χ4v) is 4.28. The van der Waals surface area contributed by atoms with Crippen molar-refractivity contribution in [3.63, 3.8) is 0 Å². The van der Waals surface area contributed by atoms with Gasteiger partial charge in [-0.2, -0.15) is 0 Å². The number of rotatable bonds is 6. The molecule has 3 rings (SSSR count). The lowest BCUT2D eigenvalue weighted by Gasteiger charge is -2.10. The van der Waals surface area contributed by atoms with Crippen molar-refractivity contribution in [2.45, 2.75) is 39.0 Å². The van der Waals surface area contributed by atoms with Crippen molar-refractivity contribution >= 4 is 34.9 Å². The third kappa shape index (κ3) is 4.98. The predicted octanol–water partition coefficient (Wildman–Crippen LogP) is 3.99. The van der Waals surface area contributed by atoms with E-state index in [0.717, 1.165) is 25.7 Å². The molecule has 6 nitrogen and oxygen atoms in total. The Labute approximate surface area is 167 Å². The molecule has 0 atom stereocenters. The lowest BCUT2D eigenvalue weighted by molar-refractivity contribution is -0.119. The van der Waals surface area contributed by atoms with Crippen LogP contribution < -0.4 is 5.32 Å². The van der Waals surface area contributed by atoms with Gasteiger partial charge in [-0.05, 0) is 56.4 Å². The fraction of sp³-hybridized carbons (Fsp3) is 0.381. The molecule has 0 aliphatic heterocycles. The van der Waals surface area contributed by atoms with E-state index in [-0.39, 0.29) is 12.2 Å². The molecule has 2 aromatic rings. The molecule has 1 amide bonds. The summed E-state index contributed by atoms with van der Waals surface area (Å²) in [5.74, 6) is -1.52. The zero-order valence-corrected chi connectivity index (χ0v) is 16.6. The van der Waals surface area contributed by atoms with Gasteiger partial charge in [0.2, 0.25) is 0 Å². The van der Waals surface area contributed by atoms with Crippen molar-refractivity contribution in [2.24, 2.45) is 0 Å². The zero-order valence-electron chi connectivity index (χ0n) is 15.8. The molecule has 7 heteroatoms. The van der Waals surface area contributed by atoms with Crippen LogP contribution in [-0.2, 0) is 27.1 Å². The highest BCUT2D eigenvalue weighted by molar-refractivity contribution is 7.14. The number of thiophene rings is 1. The maximum Gasteiger partial charge on any atom is 0.348 e. The molecule has 1 N–H and O–H groups in total. The number of benzene rings is 1. The molecule has 28 heavy (non-hydrogen) atoms. The minimum atomic E-state index is -0.518. The first kappa shape index (κ1) is 20.1. The first-order valence-electron chi connectivity index (χ1n) is 9.43. The Balaban J connectivity index is 1.58. The molecular formula is C21H23NO5S. The van der Waals surface area contributed by atoms with Gasteiger partial charge in [0.15, 0.2) is 6.61 Å². The van der Waals surface area contributed by atoms with Crippen LogP contribution in [0.4, 0.5) is 5.69 Å². The van der Waals surface area contributed by atoms with Crippen molar-refractivity contribution in [2.75, 3.05) is 18.5 Å². The van der Waals surface area contributed by atoms with Crippen molar-refractivity contribution < 1.29 is 23.9 Å². The quantitative estimate of drug-likeness (QED) is 0.585. The van der Waals surface area contributed by atoms with E-state index in [1.165, 1.54) is 28.2 Å². The van der Waals surface area contributed by atoms with E-state index in [1.807, 2.05) is 6.07 Å². The first-order chi connectivity index (χ1) is 13.6. The van der Waals surface area contributed by atoms with Gasteiger partial charge >= 0.3 is 11.9 Å². The number of aryl methyl sites for hydroxylation is 2. The highest BCUT2D eigenvalue weighted by Crippen LogP contribution is 2.29. The van der Waals surface area contributed by atoms with Gasteiger partial charge < -0.3 is 14.8 Å². The van der Waals surface area contributed by atoms with Crippen LogP contribution in [0.3, 0.4) is 0 Å². The van der Waals surface area contributed by atoms with Crippen LogP contribution in [0.2, 0.25) is 0 Å². The summed E-state index contributed by atoms with van der Waals surface area (Å²) in [6.07, 6.45) is 5.49. The number of hydrogen-bond donors (Lipinski definition) is 1. The van der Waals surface area contributed by atoms with Crippen LogP contribution in [0.25, 0.3) is 0 Å². The van der Waals surface area contributed by atoms with E-state index in [9.17, 15) is 14.4 Å². The molecule has 1 aromatic heterocycles. The number of hydrogen-bond acceptors (Lipinski definition) is 6. The number of para-hydroxylation sites is 1. The van der Waals surface area contributed by atoms with Gasteiger partial charge in [0.05, 0.1) is 17.9 Å². The minimum Gasteiger partial charge on any atom is -0.462 e. The average Bonchev–Trinajstić information content (AvgIpc) is 2.97. The van der Waals surface area contributed by atoms with Gasteiger partial charge in [-0.15, -0.1) is 11.3 Å². The molecule has 1 aliphatic rings. The van der Waals surface area contributed by atoms with E-state index in [1.54, 1.807) is 31.2 Å². The fourth-order valence-electron chi connectivity index (χ4n) is 3.14. The summed E-state index contributed by atoms with van der Waals surface area (Å²) in [7, 11) is 0. The monoisotopic (exact) mass is 401 g/mol. The third-order valence-corrected chi connectivity index (χ3v) is 5.70. The number of nitrogens with one attached hydrogen (secondary N) is 1. The second kappa shape index (κ2) is 9.50. The summed E-state index contributed by atoms with van der Waals surface area (Å²) in [4.78, 5) is 38.2. The molecule has 0 fully saturated rings. The van der Waals surface area contributed by atoms with Crippen LogP contribution >= 0.6 is 11.3 Å². The smallest absolute Gasteiger partial charge is 0.348 e. The lowest BCUT2D eigenvalue weighted by atomic mass is 10.1. The Kier molecular flexibility index (Phi) is 6.81. The molecule has 148 valence electrons. The largest absolute Gasteiger partial charge is 0.462 e. The van der Waals surface area contributed by atoms with Crippen LogP contribution in [0, 0.1) is 0 Å². The van der Waals surface area contributed by atoms with Gasteiger partial charge in [-0.1, -0.05) is 18.6 Å². The number of ether oxygens (including phenoxy) is 2. The number of amides is 1. The maximum atomic E-state index is 12.3. The van der Waals surface area contributed by atoms with Gasteiger partial charge in [0.1, 0.15) is 4.88 Å². The zero-order chi connectivity index (χ0) is 19.9. The number of esters is 2. The van der Waals surface area contributed by atoms with Crippen molar-refractivity contribution in [3.8, 4) is 0 Å². The van der Waals surface area contributed by atoms with E-state index in [2.05, 4.69) is 5.32 Å². The number of fused-ring (bicyclic) bond motifs is 1. The predicted molar refractivity (Wildman–Crippen MR) is 107 cm³/mol. The van der Waals surface area contributed by atoms with E-state index in [4.69, 9.17) is 9.47 Å². The lowest BCUT2D eigenvalue weighted by Crippen LogP contribution is -2.22. The Bertz CT molecular complexity index is 850. The van der Waals surface area contributed by atoms with Gasteiger partial charge in [-0.25, -0.2) is 9.59 Å². The summed E-state index contributed by atoms with van der Waals surface area (Å²) in [5.41, 5.74) is 1.80. The molecule has 0 saturated carbocycles. The number of carbonyl (C=O) groups is 3. The Hall–Kier alpha value is -2.67. The molecule has 0 spiro atoms. The van der Waals surface area contributed by atoms with E-state index in [0.29, 0.717) is 10.6 Å². The molecule has 0 bridgehead atoms. The van der Waals surface area contributed by atoms with E-state index < -0.39 is 24.5 Å². The third-order valence-electron chi connectivity index (χ3n) is 4.48. The molecular weight excluding hydrogens is 378 g/mol. The second-order valence-electron chi connectivity index (χ2n) is 6.51. The molecule has 1 aromatic carbocycles. The van der Waals surface area contributed by atoms with Gasteiger partial charge in [-0.3, -0.25) is 4.79 Å². The van der Waals surface area contributed by atoms with Crippen LogP contribution in [-0.4, -0.2) is 31.1 Å². The minimum absolute atomic E-state index is 0.240. The topological polar surface area (TPSA) is 81.7 Å². The molecule has 0 unspecified atom stereocenters. The maximum absolute atomic E-state index is 12.3. The highest BCUT2D eigenvalue weighted by atomic mass is 32.1. The van der Waals surface area contributed by atoms with Gasteiger partial charge in [0, 0.05) is 4.88 Å². The normalized spacial score (nSPS) is 13.2. The summed E-state index contributed by atoms with van der Waals surface area (Å²) in [6.45, 7) is 1.53. The van der Waals surface area contributed by atoms with Crippen LogP contribution in [0.5, 0.6) is 0 Å². The van der Waals surface area contributed by atoms with Crippen molar-refractivity contribution in [1.29, 1.82) is 0 Å². The summed E-state index contributed by atoms with van der Waals surface area (Å²) in [5, 5.41) is 2.60. The van der Waals surface area contributed by atoms with Gasteiger partial charge in [0.25, 0.3) is 5.91 Å². The highest BCUT2D eigenvalue weighted by Gasteiger charge is 2.19. The summed E-state index contributed by atoms with van der Waals surface area (Å²) < 4.78 is 10.1. The van der Waals surface area contributed by atoms with E-state index >= 15 is 0 Å². The number of carbonyl (C=O) groups excluding carboxylic acids is 3. The summed E-state index contributed by atoms with van der Waals surface area (Å²) in [6, 6.07) is 8.44. The standard InChI is InChI=1S/C21H23NO5S/c1-2-26-20(24)15-9-6-7-10-16(15)22-19(23)13-27-21(25)18-12-14-8-4-3-5-11-17(14)28-18/h6-7,9-10,12H,2-5,8,11,13H2,1H3,(H,22,23). The first-order valence-corrected chi connectivity index (χ1v) is 10.2. The van der Waals surface area contributed by atoms with Crippen LogP contribution in [0.15, 0.2) is 30.3 Å². The Morgan fingerprint density at radius 2 is 1.82 bits per heavy atom. The Morgan fingerprint density at radius 1 is 1.04 bits per heavy atom.